The molecular weight excluding hydrogens is 330 g/mol. The third kappa shape index (κ3) is 11.9. The van der Waals surface area contributed by atoms with E-state index in [1.54, 1.807) is 0 Å². The van der Waals surface area contributed by atoms with Gasteiger partial charge in [-0.25, -0.2) is 9.59 Å². The SMILES string of the molecule is COC(=O)COCCOCCOCCNC(=O)OCc1ccccc1. The molecule has 1 aromatic carbocycles. The number of hydrogen-bond acceptors (Lipinski definition) is 7. The summed E-state index contributed by atoms with van der Waals surface area (Å²) in [7, 11) is 1.30. The molecule has 0 aliphatic carbocycles. The van der Waals surface area contributed by atoms with Gasteiger partial charge in [-0.15, -0.1) is 0 Å². The van der Waals surface area contributed by atoms with Gasteiger partial charge in [0, 0.05) is 6.54 Å². The minimum atomic E-state index is -0.480. The maximum absolute atomic E-state index is 11.5. The van der Waals surface area contributed by atoms with Crippen LogP contribution in [0.15, 0.2) is 30.3 Å². The molecule has 1 amide bonds. The lowest BCUT2D eigenvalue weighted by atomic mass is 10.2. The molecule has 0 bridgehead atoms. The molecule has 8 heteroatoms. The summed E-state index contributed by atoms with van der Waals surface area (Å²) in [6.07, 6.45) is -0.480. The first kappa shape index (κ1) is 20.9. The van der Waals surface area contributed by atoms with E-state index in [0.717, 1.165) is 5.56 Å². The molecule has 0 aromatic heterocycles. The van der Waals surface area contributed by atoms with Crippen LogP contribution in [-0.2, 0) is 35.1 Å². The van der Waals surface area contributed by atoms with E-state index in [1.165, 1.54) is 7.11 Å². The van der Waals surface area contributed by atoms with Crippen LogP contribution in [0.25, 0.3) is 0 Å². The Hall–Kier alpha value is -2.16. The van der Waals surface area contributed by atoms with Crippen LogP contribution in [0.4, 0.5) is 4.79 Å². The van der Waals surface area contributed by atoms with Crippen molar-refractivity contribution in [3.8, 4) is 0 Å². The quantitative estimate of drug-likeness (QED) is 0.419. The van der Waals surface area contributed by atoms with Gasteiger partial charge in [-0.3, -0.25) is 0 Å². The summed E-state index contributed by atoms with van der Waals surface area (Å²) in [5.74, 6) is -0.418. The minimum absolute atomic E-state index is 0.0810. The summed E-state index contributed by atoms with van der Waals surface area (Å²) < 4.78 is 25.0. The van der Waals surface area contributed by atoms with Gasteiger partial charge in [-0.05, 0) is 5.56 Å². The van der Waals surface area contributed by atoms with Gasteiger partial charge in [-0.2, -0.15) is 0 Å². The van der Waals surface area contributed by atoms with Crippen LogP contribution in [0.2, 0.25) is 0 Å². The summed E-state index contributed by atoms with van der Waals surface area (Å²) in [5.41, 5.74) is 0.932. The van der Waals surface area contributed by atoms with Gasteiger partial charge in [0.1, 0.15) is 13.2 Å². The number of amides is 1. The van der Waals surface area contributed by atoms with Gasteiger partial charge >= 0.3 is 12.1 Å². The molecule has 0 aliphatic heterocycles. The van der Waals surface area contributed by atoms with E-state index >= 15 is 0 Å². The molecule has 25 heavy (non-hydrogen) atoms. The topological polar surface area (TPSA) is 92.3 Å². The zero-order valence-electron chi connectivity index (χ0n) is 14.4. The maximum Gasteiger partial charge on any atom is 0.407 e. The number of esters is 1. The Bertz CT molecular complexity index is 481. The highest BCUT2D eigenvalue weighted by molar-refractivity contribution is 5.70. The number of ether oxygens (including phenoxy) is 5. The van der Waals surface area contributed by atoms with Crippen LogP contribution in [0, 0.1) is 0 Å². The highest BCUT2D eigenvalue weighted by Gasteiger charge is 2.02. The Morgan fingerprint density at radius 2 is 1.56 bits per heavy atom. The lowest BCUT2D eigenvalue weighted by Gasteiger charge is -2.08. The molecule has 0 aliphatic rings. The van der Waals surface area contributed by atoms with E-state index in [2.05, 4.69) is 10.1 Å². The van der Waals surface area contributed by atoms with E-state index in [4.69, 9.17) is 18.9 Å². The Labute approximate surface area is 147 Å². The maximum atomic E-state index is 11.5. The van der Waals surface area contributed by atoms with E-state index in [9.17, 15) is 9.59 Å². The van der Waals surface area contributed by atoms with Gasteiger partial charge in [0.15, 0.2) is 0 Å². The predicted molar refractivity (Wildman–Crippen MR) is 89.1 cm³/mol. The summed E-state index contributed by atoms with van der Waals surface area (Å²) in [6.45, 7) is 2.35. The number of carbonyl (C=O) groups excluding carboxylic acids is 2. The smallest absolute Gasteiger partial charge is 0.407 e. The zero-order valence-corrected chi connectivity index (χ0v) is 14.4. The van der Waals surface area contributed by atoms with Crippen molar-refractivity contribution in [3.63, 3.8) is 0 Å². The third-order valence-electron chi connectivity index (χ3n) is 2.92. The molecule has 1 N–H and O–H groups in total. The Morgan fingerprint density at radius 1 is 0.920 bits per heavy atom. The molecule has 1 rings (SSSR count). The van der Waals surface area contributed by atoms with Gasteiger partial charge < -0.3 is 29.0 Å². The predicted octanol–water partition coefficient (Wildman–Crippen LogP) is 1.14. The van der Waals surface area contributed by atoms with Crippen molar-refractivity contribution in [1.82, 2.24) is 5.32 Å². The third-order valence-corrected chi connectivity index (χ3v) is 2.92. The van der Waals surface area contributed by atoms with Gasteiger partial charge in [0.25, 0.3) is 0 Å². The molecule has 0 fully saturated rings. The zero-order chi connectivity index (χ0) is 18.2. The van der Waals surface area contributed by atoms with E-state index in [0.29, 0.717) is 39.6 Å². The molecule has 140 valence electrons. The second-order valence-corrected chi connectivity index (χ2v) is 4.84. The Balaban J connectivity index is 1.83. The molecular formula is C17H25NO7. The van der Waals surface area contributed by atoms with Crippen molar-refractivity contribution in [2.45, 2.75) is 6.61 Å². The Morgan fingerprint density at radius 3 is 2.24 bits per heavy atom. The van der Waals surface area contributed by atoms with Crippen molar-refractivity contribution >= 4 is 12.1 Å². The molecule has 0 saturated carbocycles. The van der Waals surface area contributed by atoms with Crippen LogP contribution in [-0.4, -0.2) is 65.4 Å². The fourth-order valence-corrected chi connectivity index (χ4v) is 1.65. The summed E-state index contributed by atoms with van der Waals surface area (Å²) >= 11 is 0. The number of alkyl carbamates (subject to hydrolysis) is 1. The fraction of sp³-hybridized carbons (Fsp3) is 0.529. The van der Waals surface area contributed by atoms with Crippen molar-refractivity contribution < 1.29 is 33.3 Å². The Kier molecular flexibility index (Phi) is 11.9. The largest absolute Gasteiger partial charge is 0.467 e. The summed E-state index contributed by atoms with van der Waals surface area (Å²) in [6, 6.07) is 9.45. The monoisotopic (exact) mass is 355 g/mol. The second-order valence-electron chi connectivity index (χ2n) is 4.84. The molecule has 0 saturated heterocycles. The van der Waals surface area contributed by atoms with E-state index in [1.807, 2.05) is 30.3 Å². The number of benzene rings is 1. The van der Waals surface area contributed by atoms with Crippen LogP contribution in [0.5, 0.6) is 0 Å². The van der Waals surface area contributed by atoms with Crippen LogP contribution in [0.3, 0.4) is 0 Å². The first-order valence-corrected chi connectivity index (χ1v) is 7.97. The molecule has 0 unspecified atom stereocenters. The van der Waals surface area contributed by atoms with E-state index < -0.39 is 12.1 Å². The number of methoxy groups -OCH3 is 1. The highest BCUT2D eigenvalue weighted by atomic mass is 16.6. The lowest BCUT2D eigenvalue weighted by Crippen LogP contribution is -2.28. The van der Waals surface area contributed by atoms with Gasteiger partial charge in [0.2, 0.25) is 0 Å². The van der Waals surface area contributed by atoms with Crippen molar-refractivity contribution in [3.05, 3.63) is 35.9 Å². The molecule has 0 heterocycles. The number of hydrogen-bond donors (Lipinski definition) is 1. The first-order chi connectivity index (χ1) is 12.2. The van der Waals surface area contributed by atoms with Crippen LogP contribution >= 0.6 is 0 Å². The number of carbonyl (C=O) groups is 2. The highest BCUT2D eigenvalue weighted by Crippen LogP contribution is 2.00. The molecule has 0 spiro atoms. The van der Waals surface area contributed by atoms with Crippen LogP contribution in [0.1, 0.15) is 5.56 Å². The normalized spacial score (nSPS) is 10.3. The van der Waals surface area contributed by atoms with Crippen molar-refractivity contribution in [2.75, 3.05) is 53.3 Å². The second kappa shape index (κ2) is 14.2. The number of rotatable bonds is 13. The average molecular weight is 355 g/mol. The molecule has 8 nitrogen and oxygen atoms in total. The number of nitrogens with one attached hydrogen (secondary N) is 1. The summed E-state index contributed by atoms with van der Waals surface area (Å²) in [5, 5.41) is 2.60. The van der Waals surface area contributed by atoms with Crippen molar-refractivity contribution in [2.24, 2.45) is 0 Å². The molecule has 0 radical (unpaired) electrons. The molecule has 0 atom stereocenters. The van der Waals surface area contributed by atoms with E-state index in [-0.39, 0.29) is 13.2 Å². The summed E-state index contributed by atoms with van der Waals surface area (Å²) in [4.78, 5) is 22.2. The van der Waals surface area contributed by atoms with Gasteiger partial charge in [0.05, 0.1) is 40.1 Å². The average Bonchev–Trinajstić information content (AvgIpc) is 2.65. The lowest BCUT2D eigenvalue weighted by molar-refractivity contribution is -0.146. The molecule has 1 aromatic rings. The fourth-order valence-electron chi connectivity index (χ4n) is 1.65. The van der Waals surface area contributed by atoms with Gasteiger partial charge in [-0.1, -0.05) is 30.3 Å². The standard InChI is InChI=1S/C17H25NO7/c1-21-16(19)14-24-12-11-23-10-9-22-8-7-18-17(20)25-13-15-5-3-2-4-6-15/h2-6H,7-14H2,1H3,(H,18,20). The van der Waals surface area contributed by atoms with Crippen LogP contribution < -0.4 is 5.32 Å². The first-order valence-electron chi connectivity index (χ1n) is 7.97. The van der Waals surface area contributed by atoms with Crippen molar-refractivity contribution in [1.29, 1.82) is 0 Å². The minimum Gasteiger partial charge on any atom is -0.467 e.